The fourth-order valence-electron chi connectivity index (χ4n) is 2.62. The molecular formula is C16H15N3O2S2. The van der Waals surface area contributed by atoms with Crippen molar-refractivity contribution < 1.29 is 9.59 Å². The number of benzene rings is 1. The number of nitrogens with two attached hydrogens (primary N) is 1. The number of hydrogen-bond donors (Lipinski definition) is 3. The Hall–Kier alpha value is -2.25. The minimum atomic E-state index is -0.512. The molecule has 0 atom stereocenters. The topological polar surface area (TPSA) is 84.2 Å². The van der Waals surface area contributed by atoms with Crippen LogP contribution in [0.4, 0.5) is 10.7 Å². The summed E-state index contributed by atoms with van der Waals surface area (Å²) >= 11 is 6.52. The second-order valence-electron chi connectivity index (χ2n) is 5.20. The summed E-state index contributed by atoms with van der Waals surface area (Å²) in [6.07, 6.45) is 2.76. The van der Waals surface area contributed by atoms with Crippen LogP contribution in [0.1, 0.15) is 27.2 Å². The van der Waals surface area contributed by atoms with Gasteiger partial charge in [0, 0.05) is 10.6 Å². The number of anilines is 2. The molecule has 1 aliphatic carbocycles. The van der Waals surface area contributed by atoms with Crippen LogP contribution in [0.15, 0.2) is 30.3 Å². The Morgan fingerprint density at radius 2 is 1.87 bits per heavy atom. The SMILES string of the molecule is NC(=O)c1c(NC(=O)C(=S)Nc2ccccc2)sc2c1CCC2. The zero-order valence-corrected chi connectivity index (χ0v) is 13.9. The van der Waals surface area contributed by atoms with Gasteiger partial charge in [-0.1, -0.05) is 30.4 Å². The molecule has 3 rings (SSSR count). The molecule has 5 nitrogen and oxygen atoms in total. The molecule has 1 heterocycles. The molecule has 118 valence electrons. The van der Waals surface area contributed by atoms with Crippen molar-refractivity contribution in [3.8, 4) is 0 Å². The first-order chi connectivity index (χ1) is 11.1. The predicted octanol–water partition coefficient (Wildman–Crippen LogP) is 2.71. The van der Waals surface area contributed by atoms with Crippen LogP contribution in [-0.2, 0) is 17.6 Å². The number of thiocarbonyl (C=S) groups is 1. The van der Waals surface area contributed by atoms with Gasteiger partial charge in [0.05, 0.1) is 5.56 Å². The zero-order chi connectivity index (χ0) is 16.4. The maximum absolute atomic E-state index is 12.3. The summed E-state index contributed by atoms with van der Waals surface area (Å²) in [5.74, 6) is -0.965. The van der Waals surface area contributed by atoms with Crippen molar-refractivity contribution in [2.45, 2.75) is 19.3 Å². The van der Waals surface area contributed by atoms with E-state index in [2.05, 4.69) is 10.6 Å². The normalized spacial score (nSPS) is 12.5. The van der Waals surface area contributed by atoms with Crippen LogP contribution in [0.5, 0.6) is 0 Å². The number of thiophene rings is 1. The Labute approximate surface area is 142 Å². The largest absolute Gasteiger partial charge is 0.365 e. The summed E-state index contributed by atoms with van der Waals surface area (Å²) in [7, 11) is 0. The first kappa shape index (κ1) is 15.6. The van der Waals surface area contributed by atoms with E-state index in [4.69, 9.17) is 18.0 Å². The number of primary amides is 1. The lowest BCUT2D eigenvalue weighted by Gasteiger charge is -2.09. The predicted molar refractivity (Wildman–Crippen MR) is 96.2 cm³/mol. The molecule has 0 bridgehead atoms. The van der Waals surface area contributed by atoms with Gasteiger partial charge in [-0.3, -0.25) is 9.59 Å². The molecule has 4 N–H and O–H groups in total. The number of nitrogens with one attached hydrogen (secondary N) is 2. The summed E-state index contributed by atoms with van der Waals surface area (Å²) in [6, 6.07) is 9.19. The van der Waals surface area contributed by atoms with Gasteiger partial charge in [-0.2, -0.15) is 0 Å². The van der Waals surface area contributed by atoms with Gasteiger partial charge in [0.25, 0.3) is 11.8 Å². The maximum atomic E-state index is 12.3. The zero-order valence-electron chi connectivity index (χ0n) is 12.2. The van der Waals surface area contributed by atoms with E-state index in [1.807, 2.05) is 30.3 Å². The molecule has 1 aromatic heterocycles. The monoisotopic (exact) mass is 345 g/mol. The molecule has 1 aromatic carbocycles. The van der Waals surface area contributed by atoms with Crippen molar-refractivity contribution >= 4 is 51.0 Å². The molecule has 0 aliphatic heterocycles. The second-order valence-corrected chi connectivity index (χ2v) is 6.71. The molecule has 0 radical (unpaired) electrons. The molecule has 2 amide bonds. The van der Waals surface area contributed by atoms with Crippen molar-refractivity contribution in [2.75, 3.05) is 10.6 Å². The fourth-order valence-corrected chi connectivity index (χ4v) is 4.08. The summed E-state index contributed by atoms with van der Waals surface area (Å²) < 4.78 is 0. The van der Waals surface area contributed by atoms with Gasteiger partial charge < -0.3 is 16.4 Å². The molecule has 0 saturated carbocycles. The standard InChI is InChI=1S/C16H15N3O2S2/c17-13(20)12-10-7-4-8-11(10)23-16(12)19-14(21)15(22)18-9-5-2-1-3-6-9/h1-3,5-6H,4,7-8H2,(H2,17,20)(H,18,22)(H,19,21). The van der Waals surface area contributed by atoms with Gasteiger partial charge in [0.2, 0.25) is 0 Å². The van der Waals surface area contributed by atoms with Crippen LogP contribution in [0.3, 0.4) is 0 Å². The number of aryl methyl sites for hydroxylation is 1. The molecule has 7 heteroatoms. The highest BCUT2D eigenvalue weighted by molar-refractivity contribution is 7.82. The van der Waals surface area contributed by atoms with Crippen LogP contribution < -0.4 is 16.4 Å². The molecular weight excluding hydrogens is 330 g/mol. The summed E-state index contributed by atoms with van der Waals surface area (Å²) in [5.41, 5.74) is 7.61. The number of fused-ring (bicyclic) bond motifs is 1. The van der Waals surface area contributed by atoms with Crippen molar-refractivity contribution in [1.82, 2.24) is 0 Å². The summed E-state index contributed by atoms with van der Waals surface area (Å²) in [4.78, 5) is 25.1. The number of rotatable bonds is 3. The first-order valence-corrected chi connectivity index (χ1v) is 8.40. The molecule has 0 unspecified atom stereocenters. The van der Waals surface area contributed by atoms with Crippen molar-refractivity contribution in [1.29, 1.82) is 0 Å². The van der Waals surface area contributed by atoms with Gasteiger partial charge >= 0.3 is 0 Å². The van der Waals surface area contributed by atoms with Crippen LogP contribution in [-0.4, -0.2) is 16.8 Å². The Balaban J connectivity index is 1.76. The van der Waals surface area contributed by atoms with Crippen molar-refractivity contribution in [3.63, 3.8) is 0 Å². The third-order valence-electron chi connectivity index (χ3n) is 3.63. The minimum Gasteiger partial charge on any atom is -0.365 e. The highest BCUT2D eigenvalue weighted by Crippen LogP contribution is 2.38. The van der Waals surface area contributed by atoms with E-state index in [1.165, 1.54) is 11.3 Å². The van der Waals surface area contributed by atoms with Crippen molar-refractivity contribution in [3.05, 3.63) is 46.3 Å². The van der Waals surface area contributed by atoms with E-state index >= 15 is 0 Å². The van der Waals surface area contributed by atoms with Crippen LogP contribution >= 0.6 is 23.6 Å². The van der Waals surface area contributed by atoms with Gasteiger partial charge in [-0.05, 0) is 37.0 Å². The molecule has 0 spiro atoms. The average Bonchev–Trinajstić information content (AvgIpc) is 3.08. The van der Waals surface area contributed by atoms with Crippen LogP contribution in [0.25, 0.3) is 0 Å². The third kappa shape index (κ3) is 3.25. The highest BCUT2D eigenvalue weighted by Gasteiger charge is 2.26. The number of hydrogen-bond acceptors (Lipinski definition) is 4. The van der Waals surface area contributed by atoms with Crippen molar-refractivity contribution in [2.24, 2.45) is 5.73 Å². The maximum Gasteiger partial charge on any atom is 0.284 e. The number of carbonyl (C=O) groups excluding carboxylic acids is 2. The quantitative estimate of drug-likeness (QED) is 0.747. The van der Waals surface area contributed by atoms with Crippen LogP contribution in [0, 0.1) is 0 Å². The molecule has 23 heavy (non-hydrogen) atoms. The fraction of sp³-hybridized carbons (Fsp3) is 0.188. The third-order valence-corrected chi connectivity index (χ3v) is 5.13. The van der Waals surface area contributed by atoms with E-state index in [0.29, 0.717) is 10.6 Å². The Morgan fingerprint density at radius 3 is 2.57 bits per heavy atom. The Kier molecular flexibility index (Phi) is 4.40. The summed E-state index contributed by atoms with van der Waals surface area (Å²) in [5, 5.41) is 6.07. The number of carbonyl (C=O) groups is 2. The number of amides is 2. The van der Waals surface area contributed by atoms with Gasteiger partial charge in [0.1, 0.15) is 5.00 Å². The first-order valence-electron chi connectivity index (χ1n) is 7.18. The highest BCUT2D eigenvalue weighted by atomic mass is 32.1. The molecule has 2 aromatic rings. The molecule has 1 aliphatic rings. The van der Waals surface area contributed by atoms with E-state index in [9.17, 15) is 9.59 Å². The van der Waals surface area contributed by atoms with Crippen LogP contribution in [0.2, 0.25) is 0 Å². The van der Waals surface area contributed by atoms with Gasteiger partial charge in [-0.25, -0.2) is 0 Å². The molecule has 0 saturated heterocycles. The Bertz CT molecular complexity index is 784. The average molecular weight is 345 g/mol. The van der Waals surface area contributed by atoms with E-state index in [0.717, 1.165) is 35.4 Å². The molecule has 0 fully saturated rings. The van der Waals surface area contributed by atoms with E-state index in [-0.39, 0.29) is 4.99 Å². The smallest absolute Gasteiger partial charge is 0.284 e. The lowest BCUT2D eigenvalue weighted by molar-refractivity contribution is -0.110. The lowest BCUT2D eigenvalue weighted by atomic mass is 10.1. The number of para-hydroxylation sites is 1. The summed E-state index contributed by atoms with van der Waals surface area (Å²) in [6.45, 7) is 0. The van der Waals surface area contributed by atoms with E-state index < -0.39 is 11.8 Å². The Morgan fingerprint density at radius 1 is 1.13 bits per heavy atom. The van der Waals surface area contributed by atoms with Gasteiger partial charge in [0.15, 0.2) is 4.99 Å². The second kappa shape index (κ2) is 6.47. The lowest BCUT2D eigenvalue weighted by Crippen LogP contribution is -2.28. The minimum absolute atomic E-state index is 0.0418. The van der Waals surface area contributed by atoms with E-state index in [1.54, 1.807) is 0 Å². The van der Waals surface area contributed by atoms with Gasteiger partial charge in [-0.15, -0.1) is 11.3 Å².